The van der Waals surface area contributed by atoms with Gasteiger partial charge in [-0.2, -0.15) is 0 Å². The lowest BCUT2D eigenvalue weighted by Gasteiger charge is -2.32. The van der Waals surface area contributed by atoms with Gasteiger partial charge >= 0.3 is 0 Å². The third-order valence-corrected chi connectivity index (χ3v) is 6.90. The van der Waals surface area contributed by atoms with E-state index >= 15 is 0 Å². The van der Waals surface area contributed by atoms with Gasteiger partial charge in [0.25, 0.3) is 0 Å². The molecule has 1 fully saturated rings. The second-order valence-electron chi connectivity index (χ2n) is 7.54. The summed E-state index contributed by atoms with van der Waals surface area (Å²) in [4.78, 5) is 19.7. The van der Waals surface area contributed by atoms with Crippen LogP contribution < -0.4 is 10.2 Å². The van der Waals surface area contributed by atoms with Crippen LogP contribution >= 0.6 is 11.3 Å². The van der Waals surface area contributed by atoms with Gasteiger partial charge in [0.05, 0.1) is 18.7 Å². The minimum absolute atomic E-state index is 0.0262. The molecular weight excluding hydrogens is 342 g/mol. The van der Waals surface area contributed by atoms with Gasteiger partial charge in [0.1, 0.15) is 10.7 Å². The number of rotatable bonds is 4. The number of pyridine rings is 1. The van der Waals surface area contributed by atoms with E-state index in [1.54, 1.807) is 23.2 Å². The van der Waals surface area contributed by atoms with Crippen molar-refractivity contribution >= 4 is 22.2 Å². The number of nitrogens with one attached hydrogen (secondary N) is 2. The summed E-state index contributed by atoms with van der Waals surface area (Å²) in [6.45, 7) is 3.99. The fourth-order valence-electron chi connectivity index (χ4n) is 4.55. The average Bonchev–Trinajstić information content (AvgIpc) is 3.01. The zero-order valence-electron chi connectivity index (χ0n) is 15.5. The first-order valence-electron chi connectivity index (χ1n) is 9.91. The smallest absolute Gasteiger partial charge is 0.221 e. The lowest BCUT2D eigenvalue weighted by Crippen LogP contribution is -3.13. The first-order valence-corrected chi connectivity index (χ1v) is 10.7. The molecule has 4 rings (SSSR count). The molecule has 0 bridgehead atoms. The average molecular weight is 371 g/mol. The van der Waals surface area contributed by atoms with Gasteiger partial charge in [0.2, 0.25) is 5.91 Å². The Balaban J connectivity index is 1.84. The maximum Gasteiger partial charge on any atom is 0.221 e. The van der Waals surface area contributed by atoms with Crippen LogP contribution in [0.5, 0.6) is 0 Å². The molecule has 5 heteroatoms. The van der Waals surface area contributed by atoms with Crippen molar-refractivity contribution in [2.75, 3.05) is 18.4 Å². The molecule has 2 N–H and O–H groups in total. The summed E-state index contributed by atoms with van der Waals surface area (Å²) >= 11 is 1.80. The van der Waals surface area contributed by atoms with E-state index in [0.717, 1.165) is 23.5 Å². The number of carbonyl (C=O) groups excluding carboxylic acids is 1. The van der Waals surface area contributed by atoms with Crippen molar-refractivity contribution in [3.05, 3.63) is 46.1 Å². The van der Waals surface area contributed by atoms with E-state index in [4.69, 9.17) is 4.98 Å². The summed E-state index contributed by atoms with van der Waals surface area (Å²) in [6, 6.07) is 6.48. The van der Waals surface area contributed by atoms with Gasteiger partial charge in [-0.3, -0.25) is 9.78 Å². The van der Waals surface area contributed by atoms with Crippen LogP contribution in [0.25, 0.3) is 0 Å². The van der Waals surface area contributed by atoms with Crippen molar-refractivity contribution < 1.29 is 9.69 Å². The van der Waals surface area contributed by atoms with Crippen LogP contribution in [0.15, 0.2) is 24.4 Å². The molecule has 3 heterocycles. The molecule has 4 nitrogen and oxygen atoms in total. The molecule has 1 aliphatic carbocycles. The Morgan fingerprint density at radius 1 is 1.15 bits per heavy atom. The predicted octanol–water partition coefficient (Wildman–Crippen LogP) is 3.14. The number of fused-ring (bicyclic) bond motifs is 1. The standard InChI is InChI=1S/C21H27N3OS/c1-15(25)23-21-19(16-9-3-4-11-18(16)26-21)20(17-10-5-6-12-22-17)24-13-7-2-8-14-24/h5-6,10,12,20H,2-4,7-9,11,13-14H2,1H3,(H,23,25)/p+1. The summed E-state index contributed by atoms with van der Waals surface area (Å²) in [7, 11) is 0. The number of carbonyl (C=O) groups is 1. The van der Waals surface area contributed by atoms with Crippen molar-refractivity contribution in [1.82, 2.24) is 4.98 Å². The molecule has 0 radical (unpaired) electrons. The maximum atomic E-state index is 11.9. The first kappa shape index (κ1) is 17.7. The second-order valence-corrected chi connectivity index (χ2v) is 8.65. The second kappa shape index (κ2) is 7.89. The molecule has 0 saturated carbocycles. The number of aromatic nitrogens is 1. The Morgan fingerprint density at radius 2 is 1.96 bits per heavy atom. The highest BCUT2D eigenvalue weighted by atomic mass is 32.1. The fraction of sp³-hybridized carbons (Fsp3) is 0.524. The molecule has 2 aliphatic rings. The van der Waals surface area contributed by atoms with Crippen LogP contribution in [-0.4, -0.2) is 24.0 Å². The Hall–Kier alpha value is -1.72. The van der Waals surface area contributed by atoms with E-state index in [1.165, 1.54) is 61.2 Å². The Labute approximate surface area is 159 Å². The van der Waals surface area contributed by atoms with Crippen molar-refractivity contribution in [2.24, 2.45) is 0 Å². The molecule has 2 aromatic rings. The quantitative estimate of drug-likeness (QED) is 0.869. The third-order valence-electron chi connectivity index (χ3n) is 5.68. The number of thiophene rings is 1. The molecule has 1 amide bonds. The number of quaternary nitrogens is 1. The molecule has 2 aromatic heterocycles. The van der Waals surface area contributed by atoms with E-state index in [-0.39, 0.29) is 11.9 Å². The van der Waals surface area contributed by atoms with Crippen molar-refractivity contribution in [1.29, 1.82) is 0 Å². The molecule has 1 saturated heterocycles. The number of hydrogen-bond donors (Lipinski definition) is 2. The van der Waals surface area contributed by atoms with Gasteiger partial charge in [-0.25, -0.2) is 0 Å². The van der Waals surface area contributed by atoms with Gasteiger partial charge in [0.15, 0.2) is 6.04 Å². The predicted molar refractivity (Wildman–Crippen MR) is 106 cm³/mol. The van der Waals surface area contributed by atoms with Crippen molar-refractivity contribution in [3.63, 3.8) is 0 Å². The van der Waals surface area contributed by atoms with Gasteiger partial charge in [-0.1, -0.05) is 6.07 Å². The number of anilines is 1. The number of likely N-dealkylation sites (tertiary alicyclic amines) is 1. The highest BCUT2D eigenvalue weighted by Gasteiger charge is 2.36. The zero-order valence-corrected chi connectivity index (χ0v) is 16.3. The minimum atomic E-state index is 0.0262. The summed E-state index contributed by atoms with van der Waals surface area (Å²) in [5.41, 5.74) is 4.00. The number of nitrogens with zero attached hydrogens (tertiary/aromatic N) is 1. The molecule has 0 aromatic carbocycles. The van der Waals surface area contributed by atoms with E-state index in [2.05, 4.69) is 17.4 Å². The largest absolute Gasteiger partial charge is 0.324 e. The van der Waals surface area contributed by atoms with Gasteiger partial charge in [-0.15, -0.1) is 11.3 Å². The number of piperidine rings is 1. The summed E-state index contributed by atoms with van der Waals surface area (Å²) < 4.78 is 0. The fourth-order valence-corrected chi connectivity index (χ4v) is 5.92. The zero-order chi connectivity index (χ0) is 17.9. The molecule has 26 heavy (non-hydrogen) atoms. The first-order chi connectivity index (χ1) is 12.7. The van der Waals surface area contributed by atoms with E-state index in [9.17, 15) is 4.79 Å². The number of amides is 1. The third kappa shape index (κ3) is 3.55. The van der Waals surface area contributed by atoms with Crippen LogP contribution in [-0.2, 0) is 17.6 Å². The highest BCUT2D eigenvalue weighted by molar-refractivity contribution is 7.16. The van der Waals surface area contributed by atoms with E-state index in [0.29, 0.717) is 0 Å². The van der Waals surface area contributed by atoms with Crippen LogP contribution in [0.1, 0.15) is 66.8 Å². The molecule has 0 spiro atoms. The van der Waals surface area contributed by atoms with E-state index < -0.39 is 0 Å². The molecule has 1 aliphatic heterocycles. The van der Waals surface area contributed by atoms with E-state index in [1.807, 2.05) is 12.3 Å². The molecule has 138 valence electrons. The van der Waals surface area contributed by atoms with Gasteiger partial charge in [0, 0.05) is 18.0 Å². The summed E-state index contributed by atoms with van der Waals surface area (Å²) in [5.74, 6) is 0.0262. The summed E-state index contributed by atoms with van der Waals surface area (Å²) in [6.07, 6.45) is 10.6. The SMILES string of the molecule is CC(=O)Nc1sc2c(c1C(c1ccccn1)[NH+]1CCCCC1)CCCC2. The van der Waals surface area contributed by atoms with Crippen LogP contribution in [0, 0.1) is 0 Å². The number of aryl methyl sites for hydroxylation is 1. The van der Waals surface area contributed by atoms with Crippen LogP contribution in [0.2, 0.25) is 0 Å². The van der Waals surface area contributed by atoms with Crippen molar-refractivity contribution in [3.8, 4) is 0 Å². The van der Waals surface area contributed by atoms with Crippen LogP contribution in [0.3, 0.4) is 0 Å². The molecular formula is C21H28N3OS+. The van der Waals surface area contributed by atoms with Crippen molar-refractivity contribution in [2.45, 2.75) is 57.9 Å². The Bertz CT molecular complexity index is 765. The molecule has 1 atom stereocenters. The monoisotopic (exact) mass is 370 g/mol. The highest BCUT2D eigenvalue weighted by Crippen LogP contribution is 2.42. The molecule has 1 unspecified atom stereocenters. The normalized spacial score (nSPS) is 19.0. The van der Waals surface area contributed by atoms with Gasteiger partial charge in [-0.05, 0) is 62.6 Å². The topological polar surface area (TPSA) is 46.4 Å². The Morgan fingerprint density at radius 3 is 2.69 bits per heavy atom. The minimum Gasteiger partial charge on any atom is -0.324 e. The lowest BCUT2D eigenvalue weighted by atomic mass is 9.89. The van der Waals surface area contributed by atoms with Crippen LogP contribution in [0.4, 0.5) is 5.00 Å². The van der Waals surface area contributed by atoms with Gasteiger partial charge < -0.3 is 10.2 Å². The number of hydrogen-bond acceptors (Lipinski definition) is 3. The summed E-state index contributed by atoms with van der Waals surface area (Å²) in [5, 5.41) is 4.23. The Kier molecular flexibility index (Phi) is 5.36. The lowest BCUT2D eigenvalue weighted by molar-refractivity contribution is -0.930. The maximum absolute atomic E-state index is 11.9.